The van der Waals surface area contributed by atoms with Gasteiger partial charge in [-0.05, 0) is 44.9 Å². The van der Waals surface area contributed by atoms with Crippen LogP contribution in [0, 0.1) is 13.8 Å². The molecule has 0 bridgehead atoms. The van der Waals surface area contributed by atoms with Crippen LogP contribution in [0.25, 0.3) is 0 Å². The molecule has 8 heteroatoms. The van der Waals surface area contributed by atoms with Crippen molar-refractivity contribution >= 4 is 17.3 Å². The minimum Gasteiger partial charge on any atom is -0.370 e. The van der Waals surface area contributed by atoms with Gasteiger partial charge in [0.05, 0.1) is 29.1 Å². The molecule has 1 aliphatic heterocycles. The summed E-state index contributed by atoms with van der Waals surface area (Å²) in [6.07, 6.45) is -2.51. The number of carbonyl (C=O) groups excluding carboxylic acids is 1. The fourth-order valence-electron chi connectivity index (χ4n) is 3.16. The van der Waals surface area contributed by atoms with E-state index < -0.39 is 17.6 Å². The van der Waals surface area contributed by atoms with Crippen molar-refractivity contribution in [1.29, 1.82) is 0 Å². The Labute approximate surface area is 149 Å². The minimum absolute atomic E-state index is 0.00312. The van der Waals surface area contributed by atoms with Gasteiger partial charge in [-0.3, -0.25) is 4.79 Å². The average molecular weight is 367 g/mol. The lowest BCUT2D eigenvalue weighted by molar-refractivity contribution is -0.137. The highest BCUT2D eigenvalue weighted by molar-refractivity contribution is 5.96. The van der Waals surface area contributed by atoms with Crippen LogP contribution in [0.3, 0.4) is 0 Å². The summed E-state index contributed by atoms with van der Waals surface area (Å²) in [5.41, 5.74) is 1.26. The fourth-order valence-corrected chi connectivity index (χ4v) is 3.16. The molecule has 3 rings (SSSR count). The Hall–Kier alpha value is -2.51. The molecule has 0 spiro atoms. The summed E-state index contributed by atoms with van der Waals surface area (Å²) >= 11 is 0. The highest BCUT2D eigenvalue weighted by atomic mass is 19.4. The van der Waals surface area contributed by atoms with Gasteiger partial charge in [0.1, 0.15) is 5.76 Å². The molecule has 0 aliphatic carbocycles. The van der Waals surface area contributed by atoms with Gasteiger partial charge in [-0.2, -0.15) is 13.2 Å². The van der Waals surface area contributed by atoms with Gasteiger partial charge in [-0.15, -0.1) is 0 Å². The smallest absolute Gasteiger partial charge is 0.370 e. The number of nitrogens with one attached hydrogen (secondary N) is 1. The monoisotopic (exact) mass is 367 g/mol. The third-order valence-corrected chi connectivity index (χ3v) is 4.56. The van der Waals surface area contributed by atoms with Gasteiger partial charge < -0.3 is 14.7 Å². The van der Waals surface area contributed by atoms with E-state index in [1.54, 1.807) is 13.8 Å². The number of alkyl halides is 3. The number of carbonyl (C=O) groups is 1. The molecule has 1 saturated heterocycles. The largest absolute Gasteiger partial charge is 0.416 e. The Morgan fingerprint density at radius 1 is 1.27 bits per heavy atom. The zero-order valence-electron chi connectivity index (χ0n) is 14.6. The number of hydrogen-bond donors (Lipinski definition) is 1. The first-order chi connectivity index (χ1) is 12.3. The highest BCUT2D eigenvalue weighted by Gasteiger charge is 2.32. The second kappa shape index (κ2) is 7.01. The third kappa shape index (κ3) is 3.84. The van der Waals surface area contributed by atoms with Crippen molar-refractivity contribution in [3.05, 3.63) is 40.8 Å². The second-order valence-corrected chi connectivity index (χ2v) is 6.45. The molecule has 0 radical (unpaired) electrons. The molecule has 2 aromatic rings. The van der Waals surface area contributed by atoms with Crippen LogP contribution >= 0.6 is 0 Å². The number of benzene rings is 1. The highest BCUT2D eigenvalue weighted by Crippen LogP contribution is 2.36. The van der Waals surface area contributed by atoms with Crippen LogP contribution in [0.15, 0.2) is 22.7 Å². The summed E-state index contributed by atoms with van der Waals surface area (Å²) in [5.74, 6) is 0.126. The first-order valence-corrected chi connectivity index (χ1v) is 8.43. The van der Waals surface area contributed by atoms with E-state index >= 15 is 0 Å². The fraction of sp³-hybridized carbons (Fsp3) is 0.444. The molecule has 1 aromatic heterocycles. The summed E-state index contributed by atoms with van der Waals surface area (Å²) in [7, 11) is 0. The van der Waals surface area contributed by atoms with Gasteiger partial charge >= 0.3 is 6.18 Å². The molecule has 140 valence electrons. The summed E-state index contributed by atoms with van der Waals surface area (Å²) in [4.78, 5) is 14.4. The van der Waals surface area contributed by atoms with E-state index in [0.717, 1.165) is 38.1 Å². The lowest BCUT2D eigenvalue weighted by atomic mass is 10.1. The molecular formula is C18H20F3N3O2. The van der Waals surface area contributed by atoms with Crippen LogP contribution in [0.2, 0.25) is 0 Å². The number of amides is 1. The van der Waals surface area contributed by atoms with Crippen molar-refractivity contribution in [1.82, 2.24) is 5.16 Å². The van der Waals surface area contributed by atoms with E-state index in [2.05, 4.69) is 10.5 Å². The van der Waals surface area contributed by atoms with E-state index in [4.69, 9.17) is 4.52 Å². The maximum Gasteiger partial charge on any atom is 0.416 e. The van der Waals surface area contributed by atoms with E-state index in [0.29, 0.717) is 22.7 Å². The Bertz CT molecular complexity index is 789. The molecule has 0 saturated carbocycles. The van der Waals surface area contributed by atoms with Crippen LogP contribution in [0.5, 0.6) is 0 Å². The number of halogens is 3. The molecule has 5 nitrogen and oxygen atoms in total. The average Bonchev–Trinajstić information content (AvgIpc) is 3.20. The standard InChI is InChI=1S/C18H20F3N3O2/c1-11-14(12(2)26-23-11)10-17(25)22-15-9-13(18(19,20)21)5-6-16(15)24-7-3-4-8-24/h5-6,9H,3-4,7-8,10H2,1-2H3,(H,22,25). The Morgan fingerprint density at radius 2 is 1.96 bits per heavy atom. The number of rotatable bonds is 4. The minimum atomic E-state index is -4.47. The maximum absolute atomic E-state index is 13.1. The Kier molecular flexibility index (Phi) is 4.93. The zero-order chi connectivity index (χ0) is 18.9. The SMILES string of the molecule is Cc1noc(C)c1CC(=O)Nc1cc(C(F)(F)F)ccc1N1CCCC1. The normalized spacial score (nSPS) is 14.7. The van der Waals surface area contributed by atoms with E-state index in [1.807, 2.05) is 4.90 Å². The summed E-state index contributed by atoms with van der Waals surface area (Å²) in [6.45, 7) is 4.94. The van der Waals surface area contributed by atoms with Crippen molar-refractivity contribution in [3.8, 4) is 0 Å². The first-order valence-electron chi connectivity index (χ1n) is 8.43. The lowest BCUT2D eigenvalue weighted by Gasteiger charge is -2.23. The van der Waals surface area contributed by atoms with Gasteiger partial charge in [0.2, 0.25) is 5.91 Å². The predicted octanol–water partition coefficient (Wildman–Crippen LogP) is 4.09. The summed E-state index contributed by atoms with van der Waals surface area (Å²) in [6, 6.07) is 3.48. The molecular weight excluding hydrogens is 347 g/mol. The lowest BCUT2D eigenvalue weighted by Crippen LogP contribution is -2.22. The van der Waals surface area contributed by atoms with E-state index in [9.17, 15) is 18.0 Å². The molecule has 1 aliphatic rings. The molecule has 1 N–H and O–H groups in total. The topological polar surface area (TPSA) is 58.4 Å². The number of hydrogen-bond acceptors (Lipinski definition) is 4. The van der Waals surface area contributed by atoms with Crippen LogP contribution < -0.4 is 10.2 Å². The van der Waals surface area contributed by atoms with Crippen molar-refractivity contribution < 1.29 is 22.5 Å². The molecule has 0 unspecified atom stereocenters. The van der Waals surface area contributed by atoms with Crippen LogP contribution in [-0.4, -0.2) is 24.2 Å². The quantitative estimate of drug-likeness (QED) is 0.884. The first kappa shape index (κ1) is 18.3. The summed E-state index contributed by atoms with van der Waals surface area (Å²) in [5, 5.41) is 6.43. The van der Waals surface area contributed by atoms with Crippen LogP contribution in [0.1, 0.15) is 35.4 Å². The van der Waals surface area contributed by atoms with Gasteiger partial charge in [-0.25, -0.2) is 0 Å². The molecule has 2 heterocycles. The molecule has 1 aromatic carbocycles. The van der Waals surface area contributed by atoms with Crippen molar-refractivity contribution in [2.24, 2.45) is 0 Å². The van der Waals surface area contributed by atoms with Gasteiger partial charge in [0.25, 0.3) is 0 Å². The van der Waals surface area contributed by atoms with Crippen molar-refractivity contribution in [2.75, 3.05) is 23.3 Å². The molecule has 1 fully saturated rings. The Balaban J connectivity index is 1.87. The second-order valence-electron chi connectivity index (χ2n) is 6.45. The molecule has 1 amide bonds. The number of anilines is 2. The Morgan fingerprint density at radius 3 is 2.54 bits per heavy atom. The number of nitrogens with zero attached hydrogens (tertiary/aromatic N) is 2. The van der Waals surface area contributed by atoms with E-state index in [1.165, 1.54) is 6.07 Å². The van der Waals surface area contributed by atoms with Gasteiger partial charge in [0, 0.05) is 18.7 Å². The summed E-state index contributed by atoms with van der Waals surface area (Å²) < 4.78 is 44.3. The predicted molar refractivity (Wildman–Crippen MR) is 91.2 cm³/mol. The van der Waals surface area contributed by atoms with Crippen LogP contribution in [0.4, 0.5) is 24.5 Å². The maximum atomic E-state index is 13.1. The number of aryl methyl sites for hydroxylation is 2. The third-order valence-electron chi connectivity index (χ3n) is 4.56. The van der Waals surface area contributed by atoms with Crippen LogP contribution in [-0.2, 0) is 17.4 Å². The van der Waals surface area contributed by atoms with E-state index in [-0.39, 0.29) is 12.1 Å². The zero-order valence-corrected chi connectivity index (χ0v) is 14.6. The van der Waals surface area contributed by atoms with Gasteiger partial charge in [0.15, 0.2) is 0 Å². The van der Waals surface area contributed by atoms with Gasteiger partial charge in [-0.1, -0.05) is 5.16 Å². The van der Waals surface area contributed by atoms with Crippen molar-refractivity contribution in [3.63, 3.8) is 0 Å². The molecule has 0 atom stereocenters. The molecule has 26 heavy (non-hydrogen) atoms. The number of aromatic nitrogens is 1. The van der Waals surface area contributed by atoms with Crippen molar-refractivity contribution in [2.45, 2.75) is 39.3 Å².